The Balaban J connectivity index is 2.43. The number of fused-ring (bicyclic) bond motifs is 1. The molecule has 0 bridgehead atoms. The minimum atomic E-state index is -2.27. The fraction of sp³-hybridized carbons (Fsp3) is 0.400. The van der Waals surface area contributed by atoms with Crippen molar-refractivity contribution < 1.29 is 8.78 Å². The third-order valence-electron chi connectivity index (χ3n) is 2.51. The topological polar surface area (TPSA) is 12.0 Å². The van der Waals surface area contributed by atoms with E-state index in [4.69, 9.17) is 0 Å². The number of anilines is 1. The number of hydrogen-bond acceptors (Lipinski definition) is 1. The molecule has 0 amide bonds. The van der Waals surface area contributed by atoms with Gasteiger partial charge in [0, 0.05) is 12.2 Å². The molecule has 3 heteroatoms. The Morgan fingerprint density at radius 1 is 1.46 bits per heavy atom. The zero-order valence-electron chi connectivity index (χ0n) is 7.35. The monoisotopic (exact) mass is 183 g/mol. The lowest BCUT2D eigenvalue weighted by molar-refractivity contribution is 0.121. The van der Waals surface area contributed by atoms with Gasteiger partial charge in [-0.25, -0.2) is 8.78 Å². The molecular weight excluding hydrogens is 172 g/mol. The molecule has 0 spiro atoms. The summed E-state index contributed by atoms with van der Waals surface area (Å²) in [5.74, 6) is -0.630. The van der Waals surface area contributed by atoms with Crippen LogP contribution in [0.3, 0.4) is 0 Å². The highest BCUT2D eigenvalue weighted by atomic mass is 19.3. The highest BCUT2D eigenvalue weighted by Crippen LogP contribution is 2.36. The molecule has 1 N–H and O–H groups in total. The first-order valence-corrected chi connectivity index (χ1v) is 4.31. The fourth-order valence-electron chi connectivity index (χ4n) is 1.79. The molecule has 2 rings (SSSR count). The molecule has 0 aliphatic carbocycles. The smallest absolute Gasteiger partial charge is 0.247 e. The Bertz CT molecular complexity index is 323. The van der Waals surface area contributed by atoms with E-state index in [0.29, 0.717) is 6.54 Å². The van der Waals surface area contributed by atoms with E-state index in [0.717, 1.165) is 16.8 Å². The molecule has 1 nitrogen and oxygen atoms in total. The molecule has 1 aromatic rings. The molecule has 0 saturated carbocycles. The van der Waals surface area contributed by atoms with Crippen LogP contribution in [0.2, 0.25) is 0 Å². The molecule has 1 unspecified atom stereocenters. The SMILES string of the molecule is Cc1cccc2c1NCC2C(F)F. The van der Waals surface area contributed by atoms with Crippen LogP contribution in [0, 0.1) is 6.92 Å². The molecule has 1 aliphatic heterocycles. The van der Waals surface area contributed by atoms with Crippen LogP contribution < -0.4 is 5.32 Å². The second-order valence-electron chi connectivity index (χ2n) is 3.36. The number of alkyl halides is 2. The van der Waals surface area contributed by atoms with Gasteiger partial charge < -0.3 is 5.32 Å². The zero-order chi connectivity index (χ0) is 9.42. The molecule has 1 atom stereocenters. The molecule has 70 valence electrons. The lowest BCUT2D eigenvalue weighted by atomic mass is 10.00. The third kappa shape index (κ3) is 1.28. The molecule has 0 radical (unpaired) electrons. The third-order valence-corrected chi connectivity index (χ3v) is 2.51. The first kappa shape index (κ1) is 8.48. The second-order valence-corrected chi connectivity index (χ2v) is 3.36. The summed E-state index contributed by atoms with van der Waals surface area (Å²) in [6, 6.07) is 5.54. The summed E-state index contributed by atoms with van der Waals surface area (Å²) in [5, 5.41) is 3.02. The Morgan fingerprint density at radius 2 is 2.23 bits per heavy atom. The fourth-order valence-corrected chi connectivity index (χ4v) is 1.79. The minimum Gasteiger partial charge on any atom is -0.384 e. The summed E-state index contributed by atoms with van der Waals surface area (Å²) in [7, 11) is 0. The number of aryl methyl sites for hydroxylation is 1. The van der Waals surface area contributed by atoms with Crippen molar-refractivity contribution in [2.75, 3.05) is 11.9 Å². The number of benzene rings is 1. The predicted octanol–water partition coefficient (Wildman–Crippen LogP) is 2.77. The average Bonchev–Trinajstić information content (AvgIpc) is 2.48. The van der Waals surface area contributed by atoms with Crippen molar-refractivity contribution in [3.05, 3.63) is 29.3 Å². The lowest BCUT2D eigenvalue weighted by Gasteiger charge is -2.08. The first-order valence-electron chi connectivity index (χ1n) is 4.31. The van der Waals surface area contributed by atoms with E-state index >= 15 is 0 Å². The van der Waals surface area contributed by atoms with E-state index in [9.17, 15) is 8.78 Å². The average molecular weight is 183 g/mol. The van der Waals surface area contributed by atoms with Crippen molar-refractivity contribution in [1.29, 1.82) is 0 Å². The summed E-state index contributed by atoms with van der Waals surface area (Å²) in [5.41, 5.74) is 2.70. The maximum absolute atomic E-state index is 12.5. The zero-order valence-corrected chi connectivity index (χ0v) is 7.35. The van der Waals surface area contributed by atoms with Gasteiger partial charge >= 0.3 is 0 Å². The first-order chi connectivity index (χ1) is 6.20. The van der Waals surface area contributed by atoms with Gasteiger partial charge in [0.1, 0.15) is 0 Å². The van der Waals surface area contributed by atoms with Crippen molar-refractivity contribution in [1.82, 2.24) is 0 Å². The molecule has 0 fully saturated rings. The van der Waals surface area contributed by atoms with Crippen molar-refractivity contribution in [3.63, 3.8) is 0 Å². The van der Waals surface area contributed by atoms with Crippen molar-refractivity contribution in [3.8, 4) is 0 Å². The lowest BCUT2D eigenvalue weighted by Crippen LogP contribution is -2.10. The van der Waals surface area contributed by atoms with E-state index < -0.39 is 12.3 Å². The quantitative estimate of drug-likeness (QED) is 0.705. The van der Waals surface area contributed by atoms with E-state index in [1.807, 2.05) is 19.1 Å². The summed E-state index contributed by atoms with van der Waals surface area (Å²) in [6.07, 6.45) is -2.27. The van der Waals surface area contributed by atoms with Gasteiger partial charge in [0.15, 0.2) is 0 Å². The standard InChI is InChI=1S/C10H11F2N/c1-6-3-2-4-7-8(10(11)12)5-13-9(6)7/h2-4,8,10,13H,5H2,1H3. The van der Waals surface area contributed by atoms with Crippen molar-refractivity contribution in [2.45, 2.75) is 19.3 Å². The van der Waals surface area contributed by atoms with E-state index in [1.54, 1.807) is 6.07 Å². The van der Waals surface area contributed by atoms with Crippen LogP contribution >= 0.6 is 0 Å². The second kappa shape index (κ2) is 2.98. The number of rotatable bonds is 1. The summed E-state index contributed by atoms with van der Waals surface area (Å²) >= 11 is 0. The predicted molar refractivity (Wildman–Crippen MR) is 48.4 cm³/mol. The van der Waals surface area contributed by atoms with Crippen LogP contribution in [-0.2, 0) is 0 Å². The van der Waals surface area contributed by atoms with E-state index in [2.05, 4.69) is 5.32 Å². The molecule has 0 aromatic heterocycles. The number of para-hydroxylation sites is 1. The summed E-state index contributed by atoms with van der Waals surface area (Å²) in [6.45, 7) is 2.29. The van der Waals surface area contributed by atoms with Crippen LogP contribution in [0.1, 0.15) is 17.0 Å². The van der Waals surface area contributed by atoms with Crippen LogP contribution in [0.4, 0.5) is 14.5 Å². The van der Waals surface area contributed by atoms with Crippen molar-refractivity contribution >= 4 is 5.69 Å². The molecule has 1 heterocycles. The van der Waals surface area contributed by atoms with Gasteiger partial charge in [-0.3, -0.25) is 0 Å². The molecule has 1 aromatic carbocycles. The normalized spacial score (nSPS) is 20.2. The maximum atomic E-state index is 12.5. The van der Waals surface area contributed by atoms with Gasteiger partial charge in [-0.1, -0.05) is 18.2 Å². The van der Waals surface area contributed by atoms with Crippen molar-refractivity contribution in [2.24, 2.45) is 0 Å². The highest BCUT2D eigenvalue weighted by Gasteiger charge is 2.30. The minimum absolute atomic E-state index is 0.359. The van der Waals surface area contributed by atoms with Gasteiger partial charge in [-0.15, -0.1) is 0 Å². The van der Waals surface area contributed by atoms with E-state index in [-0.39, 0.29) is 0 Å². The number of hydrogen-bond donors (Lipinski definition) is 1. The van der Waals surface area contributed by atoms with Crippen LogP contribution in [-0.4, -0.2) is 13.0 Å². The Hall–Kier alpha value is -1.12. The van der Waals surface area contributed by atoms with Crippen LogP contribution in [0.5, 0.6) is 0 Å². The highest BCUT2D eigenvalue weighted by molar-refractivity contribution is 5.62. The Labute approximate surface area is 75.8 Å². The van der Waals surface area contributed by atoms with E-state index in [1.165, 1.54) is 0 Å². The molecule has 13 heavy (non-hydrogen) atoms. The van der Waals surface area contributed by atoms with Crippen LogP contribution in [0.15, 0.2) is 18.2 Å². The summed E-state index contributed by atoms with van der Waals surface area (Å²) in [4.78, 5) is 0. The molecule has 1 aliphatic rings. The van der Waals surface area contributed by atoms with Crippen LogP contribution in [0.25, 0.3) is 0 Å². The molecular formula is C10H11F2N. The summed E-state index contributed by atoms with van der Waals surface area (Å²) < 4.78 is 25.0. The largest absolute Gasteiger partial charge is 0.384 e. The van der Waals surface area contributed by atoms with Gasteiger partial charge in [0.05, 0.1) is 5.92 Å². The number of nitrogens with one attached hydrogen (secondary N) is 1. The maximum Gasteiger partial charge on any atom is 0.247 e. The number of halogens is 2. The van der Waals surface area contributed by atoms with Gasteiger partial charge in [0.25, 0.3) is 0 Å². The molecule has 0 saturated heterocycles. The van der Waals surface area contributed by atoms with Gasteiger partial charge in [-0.05, 0) is 18.1 Å². The Morgan fingerprint density at radius 3 is 2.92 bits per heavy atom. The Kier molecular flexibility index (Phi) is 1.94. The van der Waals surface area contributed by atoms with Gasteiger partial charge in [-0.2, -0.15) is 0 Å². The van der Waals surface area contributed by atoms with Gasteiger partial charge in [0.2, 0.25) is 6.43 Å².